The second kappa shape index (κ2) is 6.34. The molecule has 1 amide bonds. The largest absolute Gasteiger partial charge is 0.481 e. The van der Waals surface area contributed by atoms with E-state index in [4.69, 9.17) is 4.74 Å². The number of nitrogens with zero attached hydrogens (tertiary/aromatic N) is 2. The Kier molecular flexibility index (Phi) is 4.68. The van der Waals surface area contributed by atoms with Crippen molar-refractivity contribution in [3.63, 3.8) is 0 Å². The monoisotopic (exact) mass is 306 g/mol. The highest BCUT2D eigenvalue weighted by Crippen LogP contribution is 2.31. The van der Waals surface area contributed by atoms with Crippen molar-refractivity contribution in [2.75, 3.05) is 13.1 Å². The minimum atomic E-state index is -0.863. The van der Waals surface area contributed by atoms with Gasteiger partial charge in [-0.05, 0) is 32.8 Å². The van der Waals surface area contributed by atoms with Gasteiger partial charge in [0.15, 0.2) is 0 Å². The number of ether oxygens (including phenoxy) is 1. The molecule has 6 nitrogen and oxygen atoms in total. The second-order valence-corrected chi connectivity index (χ2v) is 6.06. The maximum Gasteiger partial charge on any atom is 0.311 e. The highest BCUT2D eigenvalue weighted by molar-refractivity contribution is 5.95. The number of rotatable bonds is 5. The van der Waals surface area contributed by atoms with Gasteiger partial charge in [0, 0.05) is 30.9 Å². The first kappa shape index (κ1) is 16.3. The van der Waals surface area contributed by atoms with E-state index in [9.17, 15) is 14.7 Å². The van der Waals surface area contributed by atoms with Gasteiger partial charge in [0.2, 0.25) is 5.88 Å². The van der Waals surface area contributed by atoms with Gasteiger partial charge in [0.05, 0.1) is 11.5 Å². The minimum Gasteiger partial charge on any atom is -0.481 e. The van der Waals surface area contributed by atoms with Gasteiger partial charge in [-0.3, -0.25) is 9.59 Å². The van der Waals surface area contributed by atoms with Crippen LogP contribution in [0.3, 0.4) is 0 Å². The third kappa shape index (κ3) is 3.37. The zero-order valence-corrected chi connectivity index (χ0v) is 13.2. The quantitative estimate of drug-likeness (QED) is 0.902. The van der Waals surface area contributed by atoms with E-state index in [-0.39, 0.29) is 18.6 Å². The lowest BCUT2D eigenvalue weighted by Crippen LogP contribution is -2.34. The van der Waals surface area contributed by atoms with Crippen LogP contribution in [0.4, 0.5) is 0 Å². The molecule has 0 saturated carbocycles. The Balaban J connectivity index is 2.10. The van der Waals surface area contributed by atoms with Gasteiger partial charge in [-0.25, -0.2) is 4.98 Å². The van der Waals surface area contributed by atoms with Crippen LogP contribution in [0.5, 0.6) is 5.88 Å². The summed E-state index contributed by atoms with van der Waals surface area (Å²) in [6, 6.07) is 3.24. The van der Waals surface area contributed by atoms with E-state index in [0.29, 0.717) is 24.4 Å². The van der Waals surface area contributed by atoms with Gasteiger partial charge < -0.3 is 14.7 Å². The molecule has 6 heteroatoms. The van der Waals surface area contributed by atoms with E-state index in [1.807, 2.05) is 13.8 Å². The highest BCUT2D eigenvalue weighted by Gasteiger charge is 2.42. The molecule has 22 heavy (non-hydrogen) atoms. The first-order valence-electron chi connectivity index (χ1n) is 7.51. The molecular weight excluding hydrogens is 284 g/mol. The van der Waals surface area contributed by atoms with Crippen molar-refractivity contribution in [2.24, 2.45) is 5.41 Å². The lowest BCUT2D eigenvalue weighted by Gasteiger charge is -2.20. The number of hydrogen-bond donors (Lipinski definition) is 1. The normalized spacial score (nSPS) is 22.4. The van der Waals surface area contributed by atoms with Crippen molar-refractivity contribution in [1.29, 1.82) is 0 Å². The fourth-order valence-corrected chi connectivity index (χ4v) is 2.39. The number of carbonyl (C=O) groups excluding carboxylic acids is 1. The standard InChI is InChI=1S/C16H22N2O4/c1-4-11(2)22-13-9-12(5-7-17-13)14(19)18-8-6-16(3,10-18)15(20)21/h5,7,9,11H,4,6,8,10H2,1-3H3,(H,20,21). The van der Waals surface area contributed by atoms with Crippen molar-refractivity contribution in [3.05, 3.63) is 23.9 Å². The van der Waals surface area contributed by atoms with Crippen LogP contribution >= 0.6 is 0 Å². The fourth-order valence-electron chi connectivity index (χ4n) is 2.39. The van der Waals surface area contributed by atoms with E-state index in [2.05, 4.69) is 4.98 Å². The highest BCUT2D eigenvalue weighted by atomic mass is 16.5. The van der Waals surface area contributed by atoms with Crippen LogP contribution in [0, 0.1) is 5.41 Å². The van der Waals surface area contributed by atoms with Gasteiger partial charge in [0.1, 0.15) is 0 Å². The van der Waals surface area contributed by atoms with Crippen LogP contribution in [0.1, 0.15) is 44.0 Å². The maximum atomic E-state index is 12.5. The molecule has 120 valence electrons. The smallest absolute Gasteiger partial charge is 0.311 e. The van der Waals surface area contributed by atoms with Crippen LogP contribution in [-0.4, -0.2) is 46.1 Å². The Hall–Kier alpha value is -2.11. The lowest BCUT2D eigenvalue weighted by molar-refractivity contribution is -0.147. The summed E-state index contributed by atoms with van der Waals surface area (Å²) in [5, 5.41) is 9.25. The van der Waals surface area contributed by atoms with Crippen LogP contribution in [0.25, 0.3) is 0 Å². The van der Waals surface area contributed by atoms with Gasteiger partial charge in [-0.15, -0.1) is 0 Å². The van der Waals surface area contributed by atoms with E-state index in [1.165, 1.54) is 6.20 Å². The van der Waals surface area contributed by atoms with Crippen LogP contribution < -0.4 is 4.74 Å². The van der Waals surface area contributed by atoms with Crippen molar-refractivity contribution >= 4 is 11.9 Å². The van der Waals surface area contributed by atoms with Gasteiger partial charge >= 0.3 is 5.97 Å². The zero-order valence-electron chi connectivity index (χ0n) is 13.2. The predicted octanol–water partition coefficient (Wildman–Crippen LogP) is 2.20. The third-order valence-corrected chi connectivity index (χ3v) is 4.16. The molecule has 2 unspecified atom stereocenters. The SMILES string of the molecule is CCC(C)Oc1cc(C(=O)N2CCC(C)(C(=O)O)C2)ccn1. The van der Waals surface area contributed by atoms with Gasteiger partial charge in [-0.2, -0.15) is 0 Å². The number of hydrogen-bond acceptors (Lipinski definition) is 4. The van der Waals surface area contributed by atoms with E-state index >= 15 is 0 Å². The van der Waals surface area contributed by atoms with E-state index < -0.39 is 11.4 Å². The van der Waals surface area contributed by atoms with Crippen molar-refractivity contribution < 1.29 is 19.4 Å². The average Bonchev–Trinajstić information content (AvgIpc) is 2.90. The average molecular weight is 306 g/mol. The Morgan fingerprint density at radius 3 is 2.86 bits per heavy atom. The summed E-state index contributed by atoms with van der Waals surface area (Å²) in [6.07, 6.45) is 2.88. The van der Waals surface area contributed by atoms with Crippen LogP contribution in [0.2, 0.25) is 0 Å². The molecule has 1 aromatic rings. The zero-order chi connectivity index (χ0) is 16.3. The number of aromatic nitrogens is 1. The number of carbonyl (C=O) groups is 2. The van der Waals surface area contributed by atoms with E-state index in [0.717, 1.165) is 6.42 Å². The molecule has 1 aliphatic rings. The molecule has 1 fully saturated rings. The molecule has 0 aromatic carbocycles. The summed E-state index contributed by atoms with van der Waals surface area (Å²) < 4.78 is 5.62. The molecule has 2 heterocycles. The number of amides is 1. The first-order valence-corrected chi connectivity index (χ1v) is 7.51. The molecule has 1 saturated heterocycles. The Bertz CT molecular complexity index is 575. The van der Waals surface area contributed by atoms with Crippen LogP contribution in [-0.2, 0) is 4.79 Å². The Morgan fingerprint density at radius 1 is 1.55 bits per heavy atom. The fraction of sp³-hybridized carbons (Fsp3) is 0.562. The molecule has 1 aromatic heterocycles. The first-order chi connectivity index (χ1) is 10.4. The summed E-state index contributed by atoms with van der Waals surface area (Å²) in [5.74, 6) is -0.625. The molecule has 1 aliphatic heterocycles. The summed E-state index contributed by atoms with van der Waals surface area (Å²) in [4.78, 5) is 29.5. The van der Waals surface area contributed by atoms with Gasteiger partial charge in [-0.1, -0.05) is 6.92 Å². The third-order valence-electron chi connectivity index (χ3n) is 4.16. The second-order valence-electron chi connectivity index (χ2n) is 6.06. The number of pyridine rings is 1. The van der Waals surface area contributed by atoms with Crippen molar-refractivity contribution in [1.82, 2.24) is 9.88 Å². The number of aliphatic carboxylic acids is 1. The Labute approximate surface area is 130 Å². The van der Waals surface area contributed by atoms with Crippen LogP contribution in [0.15, 0.2) is 18.3 Å². The maximum absolute atomic E-state index is 12.5. The molecule has 0 spiro atoms. The molecule has 0 bridgehead atoms. The molecule has 0 radical (unpaired) electrons. The molecule has 2 rings (SSSR count). The summed E-state index contributed by atoms with van der Waals surface area (Å²) in [6.45, 7) is 6.30. The number of carboxylic acids is 1. The van der Waals surface area contributed by atoms with Crippen molar-refractivity contribution in [2.45, 2.75) is 39.7 Å². The van der Waals surface area contributed by atoms with E-state index in [1.54, 1.807) is 24.0 Å². The topological polar surface area (TPSA) is 79.7 Å². The Morgan fingerprint density at radius 2 is 2.27 bits per heavy atom. The summed E-state index contributed by atoms with van der Waals surface area (Å²) in [5.41, 5.74) is -0.387. The van der Waals surface area contributed by atoms with Gasteiger partial charge in [0.25, 0.3) is 5.91 Å². The molecular formula is C16H22N2O4. The predicted molar refractivity (Wildman–Crippen MR) is 80.9 cm³/mol. The molecule has 1 N–H and O–H groups in total. The minimum absolute atomic E-state index is 0.0277. The molecule has 2 atom stereocenters. The number of carboxylic acid groups (broad SMARTS) is 1. The summed E-state index contributed by atoms with van der Waals surface area (Å²) in [7, 11) is 0. The summed E-state index contributed by atoms with van der Waals surface area (Å²) >= 11 is 0. The van der Waals surface area contributed by atoms with Crippen molar-refractivity contribution in [3.8, 4) is 5.88 Å². The number of likely N-dealkylation sites (tertiary alicyclic amines) is 1. The lowest BCUT2D eigenvalue weighted by atomic mass is 9.90. The molecule has 0 aliphatic carbocycles.